The average molecular weight is 565 g/mol. The molecule has 0 aliphatic carbocycles. The molecule has 39 heavy (non-hydrogen) atoms. The van der Waals surface area contributed by atoms with Crippen LogP contribution in [0.1, 0.15) is 59.0 Å². The van der Waals surface area contributed by atoms with Crippen molar-refractivity contribution in [3.8, 4) is 0 Å². The first-order chi connectivity index (χ1) is 18.1. The Morgan fingerprint density at radius 2 is 1.49 bits per heavy atom. The summed E-state index contributed by atoms with van der Waals surface area (Å²) < 4.78 is 0. The predicted octanol–water partition coefficient (Wildman–Crippen LogP) is 1.63. The number of allylic oxidation sites excluding steroid dienone is 1. The van der Waals surface area contributed by atoms with Gasteiger partial charge in [-0.15, -0.1) is 0 Å². The largest absolute Gasteiger partial charge is 0.481 e. The normalized spacial score (nSPS) is 19.1. The molecule has 5 N–H and O–H groups in total. The topological polar surface area (TPSA) is 134 Å². The Kier molecular flexibility index (Phi) is 8.05. The van der Waals surface area contributed by atoms with E-state index in [9.17, 15) is 19.8 Å². The van der Waals surface area contributed by atoms with Crippen LogP contribution in [0.5, 0.6) is 0 Å². The summed E-state index contributed by atoms with van der Waals surface area (Å²) in [7, 11) is 0. The number of aryl methyl sites for hydroxylation is 1. The molecule has 8 nitrogen and oxygen atoms in total. The van der Waals surface area contributed by atoms with E-state index < -0.39 is 11.9 Å². The number of hydrogen-bond acceptors (Lipinski definition) is 3. The number of hydrogen-bond donors (Lipinski definition) is 5. The van der Waals surface area contributed by atoms with Gasteiger partial charge in [0.15, 0.2) is 0 Å². The van der Waals surface area contributed by atoms with E-state index in [1.54, 1.807) is 0 Å². The third-order valence-electron chi connectivity index (χ3n) is 7.49. The van der Waals surface area contributed by atoms with Crippen molar-refractivity contribution in [3.63, 3.8) is 0 Å². The van der Waals surface area contributed by atoms with Gasteiger partial charge in [0.25, 0.3) is 0 Å². The fourth-order valence-corrected chi connectivity index (χ4v) is 5.32. The van der Waals surface area contributed by atoms with Gasteiger partial charge in [-0.25, -0.2) is 0 Å². The molecule has 8 bridgehead atoms. The number of nitrogens with one attached hydrogen (secondary N) is 3. The van der Waals surface area contributed by atoms with Crippen LogP contribution in [0, 0.1) is 20.8 Å². The molecule has 0 fully saturated rings. The van der Waals surface area contributed by atoms with Crippen LogP contribution < -0.4 is 21.4 Å². The minimum Gasteiger partial charge on any atom is -0.481 e. The summed E-state index contributed by atoms with van der Waals surface area (Å²) in [5, 5.41) is 22.4. The molecule has 9 heteroatoms. The number of aromatic nitrogens is 3. The second-order valence-electron chi connectivity index (χ2n) is 10.2. The number of fused-ring (bicyclic) bond motifs is 7. The maximum Gasteiger partial charge on any atom is 0.303 e. The van der Waals surface area contributed by atoms with Gasteiger partial charge in [0.05, 0.1) is 11.8 Å². The molecule has 0 spiro atoms. The van der Waals surface area contributed by atoms with E-state index in [1.165, 1.54) is 0 Å². The second kappa shape index (κ2) is 11.1. The van der Waals surface area contributed by atoms with E-state index >= 15 is 0 Å². The zero-order valence-corrected chi connectivity index (χ0v) is 23.7. The van der Waals surface area contributed by atoms with Gasteiger partial charge >= 0.3 is 11.9 Å². The minimum atomic E-state index is -0.852. The summed E-state index contributed by atoms with van der Waals surface area (Å²) >= 11 is 0. The molecule has 5 rings (SSSR count). The molecular formula is C30H32CrN4O4. The molecule has 0 radical (unpaired) electrons. The van der Waals surface area contributed by atoms with E-state index in [1.807, 2.05) is 26.0 Å². The van der Waals surface area contributed by atoms with Gasteiger partial charge in [-0.2, -0.15) is 0 Å². The van der Waals surface area contributed by atoms with Crippen molar-refractivity contribution >= 4 is 42.0 Å². The molecule has 3 aromatic heterocycles. The quantitative estimate of drug-likeness (QED) is 0.311. The molecule has 2 aliphatic rings. The summed E-state index contributed by atoms with van der Waals surface area (Å²) in [5.74, 6) is -1.70. The third-order valence-corrected chi connectivity index (χ3v) is 7.49. The van der Waals surface area contributed by atoms with Crippen molar-refractivity contribution < 1.29 is 37.2 Å². The average Bonchev–Trinajstić information content (AvgIpc) is 3.53. The summed E-state index contributed by atoms with van der Waals surface area (Å²) in [6.07, 6.45) is 11.1. The SMILES string of the molecule is CC1=CC2=NC1/C=c1\[nH]/c(c(CCC(=O)O)c1C)=C\c1[nH]c(c(C)c1CCC(=O)O)/C=c1/cc(C)/c([nH]1)=C/2.[Cr]. The van der Waals surface area contributed by atoms with Crippen molar-refractivity contribution in [2.75, 3.05) is 0 Å². The molecule has 0 aromatic carbocycles. The van der Waals surface area contributed by atoms with Crippen molar-refractivity contribution in [3.05, 3.63) is 78.3 Å². The molecule has 1 atom stereocenters. The fourth-order valence-electron chi connectivity index (χ4n) is 5.32. The van der Waals surface area contributed by atoms with Crippen LogP contribution in [0.25, 0.3) is 24.3 Å². The van der Waals surface area contributed by atoms with Gasteiger partial charge in [-0.1, -0.05) is 0 Å². The Labute approximate surface area is 236 Å². The summed E-state index contributed by atoms with van der Waals surface area (Å²) in [5.41, 5.74) is 8.69. The molecule has 2 aliphatic heterocycles. The number of carboxylic acids is 2. The fraction of sp³-hybridized carbons (Fsp3) is 0.300. The maximum absolute atomic E-state index is 11.4. The second-order valence-corrected chi connectivity index (χ2v) is 10.2. The van der Waals surface area contributed by atoms with E-state index in [0.29, 0.717) is 12.8 Å². The number of carbonyl (C=O) groups is 2. The smallest absolute Gasteiger partial charge is 0.303 e. The number of aromatic amines is 3. The Bertz CT molecular complexity index is 1780. The summed E-state index contributed by atoms with van der Waals surface area (Å²) in [6, 6.07) is 1.96. The summed E-state index contributed by atoms with van der Waals surface area (Å²) in [6.45, 7) is 8.13. The van der Waals surface area contributed by atoms with E-state index in [4.69, 9.17) is 4.99 Å². The molecule has 0 amide bonds. The number of carboxylic acid groups (broad SMARTS) is 2. The van der Waals surface area contributed by atoms with E-state index in [0.717, 1.165) is 71.9 Å². The predicted molar refractivity (Wildman–Crippen MR) is 148 cm³/mol. The van der Waals surface area contributed by atoms with Gasteiger partial charge in [0.2, 0.25) is 0 Å². The Balaban J connectivity index is 0.00000353. The molecule has 5 heterocycles. The Morgan fingerprint density at radius 1 is 0.795 bits per heavy atom. The molecule has 3 aromatic rings. The zero-order chi connectivity index (χ0) is 27.1. The van der Waals surface area contributed by atoms with Crippen molar-refractivity contribution in [2.24, 2.45) is 4.99 Å². The zero-order valence-electron chi connectivity index (χ0n) is 22.4. The molecule has 202 valence electrons. The van der Waals surface area contributed by atoms with Gasteiger partial charge in [0, 0.05) is 63.0 Å². The van der Waals surface area contributed by atoms with Gasteiger partial charge in [-0.05, 0) is 110 Å². The molecule has 1 unspecified atom stereocenters. The Morgan fingerprint density at radius 3 is 2.18 bits per heavy atom. The Hall–Kier alpha value is -3.80. The van der Waals surface area contributed by atoms with Crippen LogP contribution in [-0.4, -0.2) is 48.9 Å². The number of aliphatic imine (C=N–C) groups is 1. The number of nitrogens with zero attached hydrogens (tertiary/aromatic N) is 1. The monoisotopic (exact) mass is 564 g/mol. The first-order valence-electron chi connectivity index (χ1n) is 12.8. The van der Waals surface area contributed by atoms with Crippen LogP contribution in [0.15, 0.2) is 22.7 Å². The molecule has 0 saturated carbocycles. The maximum atomic E-state index is 11.4. The van der Waals surface area contributed by atoms with Crippen molar-refractivity contribution in [1.82, 2.24) is 15.0 Å². The number of rotatable bonds is 6. The van der Waals surface area contributed by atoms with Crippen LogP contribution >= 0.6 is 0 Å². The van der Waals surface area contributed by atoms with Gasteiger partial charge < -0.3 is 25.2 Å². The summed E-state index contributed by atoms with van der Waals surface area (Å²) in [4.78, 5) is 38.3. The molecule has 0 saturated heterocycles. The van der Waals surface area contributed by atoms with Gasteiger partial charge in [-0.3, -0.25) is 14.6 Å². The van der Waals surface area contributed by atoms with Crippen LogP contribution in [0.2, 0.25) is 0 Å². The van der Waals surface area contributed by atoms with Crippen molar-refractivity contribution in [1.29, 1.82) is 0 Å². The van der Waals surface area contributed by atoms with Crippen LogP contribution in [0.4, 0.5) is 0 Å². The van der Waals surface area contributed by atoms with E-state index in [-0.39, 0.29) is 36.2 Å². The van der Waals surface area contributed by atoms with Crippen LogP contribution in [-0.2, 0) is 39.8 Å². The first-order valence-corrected chi connectivity index (χ1v) is 12.8. The van der Waals surface area contributed by atoms with E-state index in [2.05, 4.69) is 53.1 Å². The van der Waals surface area contributed by atoms with Crippen LogP contribution in [0.3, 0.4) is 0 Å². The number of aliphatic carboxylic acids is 2. The third kappa shape index (κ3) is 5.80. The van der Waals surface area contributed by atoms with Crippen molar-refractivity contribution in [2.45, 2.75) is 59.4 Å². The molecular weight excluding hydrogens is 532 g/mol. The first kappa shape index (κ1) is 28.2. The minimum absolute atomic E-state index is 0. The standard InChI is InChI=1S/C30H32N4O4.Cr/c1-15-9-20-12-25-17(3)21(5-7-29(35)36)27(33-25)14-28-22(6-8-30(37)38)18(4)26(34-28)13-24-16(2)10-19(32-24)11-23(15)31-20;/h9-14,24,31,33-34H,5-8H2,1-4H3,(H,35,36)(H,37,38);/b20-12-,23-11-,26-13-,28-14-;. The van der Waals surface area contributed by atoms with Gasteiger partial charge in [0.1, 0.15) is 0 Å². The number of H-pyrrole nitrogens is 3.